The summed E-state index contributed by atoms with van der Waals surface area (Å²) >= 11 is 5.57. The third-order valence-electron chi connectivity index (χ3n) is 2.61. The molecule has 0 atom stereocenters. The van der Waals surface area contributed by atoms with Crippen LogP contribution in [-0.4, -0.2) is 17.6 Å². The van der Waals surface area contributed by atoms with Crippen LogP contribution in [-0.2, 0) is 0 Å². The van der Waals surface area contributed by atoms with Crippen LogP contribution in [0.3, 0.4) is 0 Å². The van der Waals surface area contributed by atoms with Crippen molar-refractivity contribution < 1.29 is 9.84 Å². The second kappa shape index (κ2) is 7.23. The van der Waals surface area contributed by atoms with Crippen LogP contribution in [0.15, 0.2) is 29.8 Å². The Labute approximate surface area is 108 Å². The van der Waals surface area contributed by atoms with Gasteiger partial charge in [-0.05, 0) is 49.6 Å². The molecule has 3 heteroatoms. The first kappa shape index (κ1) is 13.9. The van der Waals surface area contributed by atoms with Gasteiger partial charge in [-0.1, -0.05) is 6.92 Å². The monoisotopic (exact) mass is 254 g/mol. The smallest absolute Gasteiger partial charge is 0.121 e. The Morgan fingerprint density at radius 1 is 1.29 bits per heavy atom. The minimum Gasteiger partial charge on any atom is -0.507 e. The molecule has 0 bridgehead atoms. The van der Waals surface area contributed by atoms with E-state index in [4.69, 9.17) is 16.3 Å². The summed E-state index contributed by atoms with van der Waals surface area (Å²) in [6.07, 6.45) is 1.68. The Hall–Kier alpha value is -1.15. The zero-order chi connectivity index (χ0) is 12.7. The topological polar surface area (TPSA) is 29.5 Å². The minimum absolute atomic E-state index is 0.361. The van der Waals surface area contributed by atoms with E-state index in [0.717, 1.165) is 29.7 Å². The number of hydrogen-bond acceptors (Lipinski definition) is 2. The van der Waals surface area contributed by atoms with Gasteiger partial charge in [0.1, 0.15) is 11.5 Å². The van der Waals surface area contributed by atoms with Crippen molar-refractivity contribution in [3.8, 4) is 5.75 Å². The average Bonchev–Trinajstić information content (AvgIpc) is 2.38. The van der Waals surface area contributed by atoms with Gasteiger partial charge in [0, 0.05) is 11.4 Å². The highest BCUT2D eigenvalue weighted by atomic mass is 35.5. The predicted octanol–water partition coefficient (Wildman–Crippen LogP) is 4.39. The maximum absolute atomic E-state index is 9.92. The quantitative estimate of drug-likeness (QED) is 0.463. The molecule has 1 aromatic rings. The van der Waals surface area contributed by atoms with Crippen molar-refractivity contribution in [2.24, 2.45) is 0 Å². The molecule has 1 aromatic carbocycles. The minimum atomic E-state index is 0.361. The molecule has 0 radical (unpaired) electrons. The summed E-state index contributed by atoms with van der Waals surface area (Å²) in [4.78, 5) is 0. The highest BCUT2D eigenvalue weighted by Gasteiger charge is 2.03. The van der Waals surface area contributed by atoms with E-state index in [1.165, 1.54) is 0 Å². The van der Waals surface area contributed by atoms with Gasteiger partial charge in [0.2, 0.25) is 0 Å². The number of hydrogen-bond donors (Lipinski definition) is 1. The molecule has 1 N–H and O–H groups in total. The zero-order valence-electron chi connectivity index (χ0n) is 10.4. The first-order valence-electron chi connectivity index (χ1n) is 5.87. The normalized spacial score (nSPS) is 12.2. The summed E-state index contributed by atoms with van der Waals surface area (Å²) in [6, 6.07) is 7.46. The molecule has 0 unspecified atom stereocenters. The van der Waals surface area contributed by atoms with Crippen LogP contribution in [0, 0.1) is 0 Å². The van der Waals surface area contributed by atoms with Crippen molar-refractivity contribution in [1.29, 1.82) is 0 Å². The number of alkyl halides is 1. The fraction of sp³-hybridized carbons (Fsp3) is 0.429. The second-order valence-electron chi connectivity index (χ2n) is 3.90. The van der Waals surface area contributed by atoms with Crippen LogP contribution >= 0.6 is 11.6 Å². The fourth-order valence-corrected chi connectivity index (χ4v) is 1.48. The molecule has 0 aromatic heterocycles. The van der Waals surface area contributed by atoms with E-state index in [1.807, 2.05) is 38.1 Å². The van der Waals surface area contributed by atoms with E-state index in [1.54, 1.807) is 0 Å². The van der Waals surface area contributed by atoms with E-state index < -0.39 is 0 Å². The predicted molar refractivity (Wildman–Crippen MR) is 72.8 cm³/mol. The van der Waals surface area contributed by atoms with Crippen molar-refractivity contribution in [3.63, 3.8) is 0 Å². The van der Waals surface area contributed by atoms with Gasteiger partial charge >= 0.3 is 0 Å². The van der Waals surface area contributed by atoms with Crippen LogP contribution in [0.25, 0.3) is 5.76 Å². The fourth-order valence-electron chi connectivity index (χ4n) is 1.37. The number of aliphatic hydroxyl groups is 1. The summed E-state index contributed by atoms with van der Waals surface area (Å²) in [5.41, 5.74) is 1.81. The molecule has 1 rings (SSSR count). The van der Waals surface area contributed by atoms with Gasteiger partial charge in [0.05, 0.1) is 6.61 Å². The molecule has 0 fully saturated rings. The second-order valence-corrected chi connectivity index (χ2v) is 4.28. The molecule has 0 saturated heterocycles. The average molecular weight is 255 g/mol. The van der Waals surface area contributed by atoms with E-state index in [2.05, 4.69) is 0 Å². The Kier molecular flexibility index (Phi) is 5.92. The molecular weight excluding hydrogens is 236 g/mol. The summed E-state index contributed by atoms with van der Waals surface area (Å²) in [7, 11) is 0. The van der Waals surface area contributed by atoms with Gasteiger partial charge in [-0.15, -0.1) is 11.6 Å². The van der Waals surface area contributed by atoms with Crippen LogP contribution in [0.1, 0.15) is 32.3 Å². The third kappa shape index (κ3) is 4.31. The molecule has 0 amide bonds. The molecule has 0 saturated carbocycles. The van der Waals surface area contributed by atoms with Gasteiger partial charge in [-0.2, -0.15) is 0 Å². The molecule has 94 valence electrons. The summed E-state index contributed by atoms with van der Waals surface area (Å²) in [6.45, 7) is 4.58. The zero-order valence-corrected chi connectivity index (χ0v) is 11.1. The van der Waals surface area contributed by atoms with Crippen molar-refractivity contribution in [2.75, 3.05) is 12.5 Å². The summed E-state index contributed by atoms with van der Waals surface area (Å²) < 4.78 is 5.49. The van der Waals surface area contributed by atoms with Crippen molar-refractivity contribution in [3.05, 3.63) is 35.4 Å². The van der Waals surface area contributed by atoms with Crippen molar-refractivity contribution in [2.45, 2.75) is 26.7 Å². The van der Waals surface area contributed by atoms with E-state index in [0.29, 0.717) is 18.2 Å². The Morgan fingerprint density at radius 2 is 1.94 bits per heavy atom. The van der Waals surface area contributed by atoms with Crippen LogP contribution < -0.4 is 4.74 Å². The number of ether oxygens (including phenoxy) is 1. The lowest BCUT2D eigenvalue weighted by atomic mass is 10.1. The van der Waals surface area contributed by atoms with Gasteiger partial charge in [-0.25, -0.2) is 0 Å². The Bertz CT molecular complexity index is 368. The number of rotatable bonds is 6. The maximum Gasteiger partial charge on any atom is 0.121 e. The standard InChI is InChI=1S/C14H19ClO2/c1-3-11(2)14(16)12-5-7-13(8-6-12)17-10-4-9-15/h5-8,16H,3-4,9-10H2,1-2H3. The molecule has 0 aliphatic carbocycles. The Balaban J connectivity index is 2.68. The molecular formula is C14H19ClO2. The highest BCUT2D eigenvalue weighted by Crippen LogP contribution is 2.20. The van der Waals surface area contributed by atoms with Crippen LogP contribution in [0.2, 0.25) is 0 Å². The molecule has 0 spiro atoms. The van der Waals surface area contributed by atoms with Crippen LogP contribution in [0.5, 0.6) is 5.75 Å². The third-order valence-corrected chi connectivity index (χ3v) is 2.88. The first-order chi connectivity index (χ1) is 8.19. The van der Waals surface area contributed by atoms with Gasteiger partial charge in [-0.3, -0.25) is 0 Å². The van der Waals surface area contributed by atoms with E-state index in [-0.39, 0.29) is 0 Å². The first-order valence-corrected chi connectivity index (χ1v) is 6.40. The maximum atomic E-state index is 9.92. The largest absolute Gasteiger partial charge is 0.507 e. The van der Waals surface area contributed by atoms with E-state index in [9.17, 15) is 5.11 Å². The number of halogens is 1. The van der Waals surface area contributed by atoms with Crippen molar-refractivity contribution >= 4 is 17.4 Å². The highest BCUT2D eigenvalue weighted by molar-refractivity contribution is 6.17. The summed E-state index contributed by atoms with van der Waals surface area (Å²) in [5.74, 6) is 1.78. The number of allylic oxidation sites excluding steroid dienone is 1. The SMILES string of the molecule is CCC(C)=C(O)c1ccc(OCCCCl)cc1. The van der Waals surface area contributed by atoms with Gasteiger partial charge in [0.15, 0.2) is 0 Å². The molecule has 0 aliphatic rings. The lowest BCUT2D eigenvalue weighted by molar-refractivity contribution is 0.318. The summed E-state index contributed by atoms with van der Waals surface area (Å²) in [5, 5.41) is 9.92. The van der Waals surface area contributed by atoms with E-state index >= 15 is 0 Å². The lowest BCUT2D eigenvalue weighted by Crippen LogP contribution is -1.97. The molecule has 2 nitrogen and oxygen atoms in total. The van der Waals surface area contributed by atoms with Crippen LogP contribution in [0.4, 0.5) is 0 Å². The molecule has 0 aliphatic heterocycles. The van der Waals surface area contributed by atoms with Crippen molar-refractivity contribution in [1.82, 2.24) is 0 Å². The molecule has 17 heavy (non-hydrogen) atoms. The number of aliphatic hydroxyl groups excluding tert-OH is 1. The number of benzene rings is 1. The molecule has 0 heterocycles. The lowest BCUT2D eigenvalue weighted by Gasteiger charge is -2.07. The Morgan fingerprint density at radius 3 is 2.47 bits per heavy atom. The van der Waals surface area contributed by atoms with Gasteiger partial charge in [0.25, 0.3) is 0 Å². The van der Waals surface area contributed by atoms with Gasteiger partial charge < -0.3 is 9.84 Å².